The van der Waals surface area contributed by atoms with Crippen molar-refractivity contribution in [3.05, 3.63) is 46.7 Å². The highest BCUT2D eigenvalue weighted by molar-refractivity contribution is 6.35. The number of rotatable bonds is 2. The molecule has 20 heavy (non-hydrogen) atoms. The van der Waals surface area contributed by atoms with Crippen molar-refractivity contribution in [3.8, 4) is 11.1 Å². The number of halogens is 1. The van der Waals surface area contributed by atoms with Gasteiger partial charge < -0.3 is 4.90 Å². The summed E-state index contributed by atoms with van der Waals surface area (Å²) in [5, 5.41) is 0.662. The van der Waals surface area contributed by atoms with Crippen molar-refractivity contribution in [2.24, 2.45) is 0 Å². The highest BCUT2D eigenvalue weighted by Gasteiger charge is 2.27. The Morgan fingerprint density at radius 2 is 2.15 bits per heavy atom. The molecule has 0 saturated heterocycles. The summed E-state index contributed by atoms with van der Waals surface area (Å²) in [4.78, 5) is 17.7. The van der Waals surface area contributed by atoms with E-state index in [-0.39, 0.29) is 5.91 Å². The van der Waals surface area contributed by atoms with Crippen LogP contribution >= 0.6 is 11.6 Å². The van der Waals surface area contributed by atoms with Crippen LogP contribution in [0.2, 0.25) is 5.02 Å². The number of amides is 1. The summed E-state index contributed by atoms with van der Waals surface area (Å²) < 4.78 is 0. The van der Waals surface area contributed by atoms with Crippen LogP contribution in [0.1, 0.15) is 18.1 Å². The van der Waals surface area contributed by atoms with E-state index in [9.17, 15) is 4.79 Å². The predicted molar refractivity (Wildman–Crippen MR) is 81.2 cm³/mol. The van der Waals surface area contributed by atoms with Gasteiger partial charge in [0.05, 0.1) is 11.4 Å². The molecule has 1 aliphatic rings. The zero-order valence-electron chi connectivity index (χ0n) is 11.5. The van der Waals surface area contributed by atoms with Gasteiger partial charge in [-0.05, 0) is 24.1 Å². The minimum atomic E-state index is 0.0829. The van der Waals surface area contributed by atoms with Gasteiger partial charge in [-0.1, -0.05) is 24.6 Å². The minimum absolute atomic E-state index is 0.0829. The van der Waals surface area contributed by atoms with E-state index >= 15 is 0 Å². The lowest BCUT2D eigenvalue weighted by Crippen LogP contribution is -2.20. The third kappa shape index (κ3) is 1.98. The molecule has 0 bridgehead atoms. The third-order valence-electron chi connectivity index (χ3n) is 3.80. The maximum atomic E-state index is 11.8. The molecule has 0 fully saturated rings. The van der Waals surface area contributed by atoms with Crippen LogP contribution in [0.4, 0.5) is 5.69 Å². The van der Waals surface area contributed by atoms with Crippen LogP contribution in [0.5, 0.6) is 0 Å². The average molecular weight is 287 g/mol. The summed E-state index contributed by atoms with van der Waals surface area (Å²) >= 11 is 6.51. The van der Waals surface area contributed by atoms with Crippen molar-refractivity contribution in [3.63, 3.8) is 0 Å². The Balaban J connectivity index is 2.13. The quantitative estimate of drug-likeness (QED) is 0.847. The van der Waals surface area contributed by atoms with E-state index in [4.69, 9.17) is 11.6 Å². The highest BCUT2D eigenvalue weighted by Crippen LogP contribution is 2.39. The van der Waals surface area contributed by atoms with Crippen molar-refractivity contribution in [2.75, 3.05) is 11.9 Å². The third-order valence-corrected chi connectivity index (χ3v) is 4.23. The molecule has 2 heterocycles. The second-order valence-corrected chi connectivity index (χ2v) is 5.37. The van der Waals surface area contributed by atoms with E-state index in [0.29, 0.717) is 11.4 Å². The molecule has 1 amide bonds. The number of hydrogen-bond acceptors (Lipinski definition) is 2. The molecule has 0 spiro atoms. The number of pyridine rings is 1. The van der Waals surface area contributed by atoms with Crippen molar-refractivity contribution in [1.29, 1.82) is 0 Å². The van der Waals surface area contributed by atoms with Gasteiger partial charge in [0, 0.05) is 41.8 Å². The number of aryl methyl sites for hydroxylation is 1. The van der Waals surface area contributed by atoms with E-state index in [1.807, 2.05) is 24.5 Å². The topological polar surface area (TPSA) is 33.2 Å². The first-order chi connectivity index (χ1) is 9.61. The highest BCUT2D eigenvalue weighted by atomic mass is 35.5. The molecule has 0 aliphatic carbocycles. The van der Waals surface area contributed by atoms with Crippen molar-refractivity contribution < 1.29 is 4.79 Å². The molecule has 0 radical (unpaired) electrons. The maximum Gasteiger partial charge on any atom is 0.231 e. The number of fused-ring (bicyclic) bond motifs is 1. The Morgan fingerprint density at radius 3 is 2.90 bits per heavy atom. The first-order valence-electron chi connectivity index (χ1n) is 6.64. The first kappa shape index (κ1) is 13.1. The fourth-order valence-corrected chi connectivity index (χ4v) is 2.88. The summed E-state index contributed by atoms with van der Waals surface area (Å²) in [7, 11) is 1.78. The van der Waals surface area contributed by atoms with Crippen LogP contribution in [0, 0.1) is 0 Å². The van der Waals surface area contributed by atoms with E-state index in [1.165, 1.54) is 5.56 Å². The molecule has 0 N–H and O–H groups in total. The van der Waals surface area contributed by atoms with E-state index in [1.54, 1.807) is 11.9 Å². The molecule has 3 nitrogen and oxygen atoms in total. The molecular formula is C16H15ClN2O. The van der Waals surface area contributed by atoms with Crippen LogP contribution < -0.4 is 4.90 Å². The minimum Gasteiger partial charge on any atom is -0.315 e. The number of carbonyl (C=O) groups is 1. The van der Waals surface area contributed by atoms with E-state index in [2.05, 4.69) is 18.0 Å². The summed E-state index contributed by atoms with van der Waals surface area (Å²) in [5.74, 6) is 0.0829. The number of anilines is 1. The van der Waals surface area contributed by atoms with Crippen LogP contribution in [-0.4, -0.2) is 17.9 Å². The smallest absolute Gasteiger partial charge is 0.231 e. The molecule has 4 heteroatoms. The molecule has 0 atom stereocenters. The lowest BCUT2D eigenvalue weighted by Gasteiger charge is -2.13. The first-order valence-corrected chi connectivity index (χ1v) is 7.02. The lowest BCUT2D eigenvalue weighted by atomic mass is 10.0. The summed E-state index contributed by atoms with van der Waals surface area (Å²) in [5.41, 5.74) is 4.93. The average Bonchev–Trinajstić information content (AvgIpc) is 2.76. The standard InChI is InChI=1S/C16H15ClN2O/c1-3-10-6-11(9-18-8-10)12-4-5-14-13(16(12)17)7-15(20)19(14)2/h4-6,8-9H,3,7H2,1-2H3. The van der Waals surface area contributed by atoms with Gasteiger partial charge in [0.15, 0.2) is 0 Å². The Labute approximate surface area is 123 Å². The van der Waals surface area contributed by atoms with E-state index < -0.39 is 0 Å². The lowest BCUT2D eigenvalue weighted by molar-refractivity contribution is -0.117. The van der Waals surface area contributed by atoms with Gasteiger partial charge in [-0.25, -0.2) is 0 Å². The Morgan fingerprint density at radius 1 is 1.35 bits per heavy atom. The number of aromatic nitrogens is 1. The Kier molecular flexibility index (Phi) is 3.22. The van der Waals surface area contributed by atoms with E-state index in [0.717, 1.165) is 28.8 Å². The van der Waals surface area contributed by atoms with Gasteiger partial charge in [-0.15, -0.1) is 0 Å². The van der Waals surface area contributed by atoms with Gasteiger partial charge in [0.25, 0.3) is 0 Å². The van der Waals surface area contributed by atoms with Crippen LogP contribution in [0.3, 0.4) is 0 Å². The predicted octanol–water partition coefficient (Wildman–Crippen LogP) is 3.48. The van der Waals surface area contributed by atoms with Crippen molar-refractivity contribution in [1.82, 2.24) is 4.98 Å². The molecular weight excluding hydrogens is 272 g/mol. The number of benzene rings is 1. The van der Waals surface area contributed by atoms with Gasteiger partial charge in [0.1, 0.15) is 0 Å². The van der Waals surface area contributed by atoms with Crippen LogP contribution in [0.25, 0.3) is 11.1 Å². The van der Waals surface area contributed by atoms with Crippen LogP contribution in [0.15, 0.2) is 30.6 Å². The Bertz CT molecular complexity index is 697. The Hall–Kier alpha value is -1.87. The van der Waals surface area contributed by atoms with Gasteiger partial charge in [-0.3, -0.25) is 9.78 Å². The van der Waals surface area contributed by atoms with Gasteiger partial charge in [0.2, 0.25) is 5.91 Å². The van der Waals surface area contributed by atoms with Crippen LogP contribution in [-0.2, 0) is 17.6 Å². The van der Waals surface area contributed by atoms with Crippen molar-refractivity contribution >= 4 is 23.2 Å². The molecule has 2 aromatic rings. The molecule has 1 aromatic heterocycles. The van der Waals surface area contributed by atoms with Gasteiger partial charge in [-0.2, -0.15) is 0 Å². The largest absolute Gasteiger partial charge is 0.315 e. The summed E-state index contributed by atoms with van der Waals surface area (Å²) in [6, 6.07) is 6.02. The molecule has 0 unspecified atom stereocenters. The monoisotopic (exact) mass is 286 g/mol. The fraction of sp³-hybridized carbons (Fsp3) is 0.250. The SMILES string of the molecule is CCc1cncc(-c2ccc3c(c2Cl)CC(=O)N3C)c1. The second-order valence-electron chi connectivity index (χ2n) is 4.99. The zero-order chi connectivity index (χ0) is 14.3. The molecule has 0 saturated carbocycles. The summed E-state index contributed by atoms with van der Waals surface area (Å²) in [6.07, 6.45) is 4.99. The maximum absolute atomic E-state index is 11.8. The van der Waals surface area contributed by atoms with Crippen molar-refractivity contribution in [2.45, 2.75) is 19.8 Å². The fourth-order valence-electron chi connectivity index (χ4n) is 2.55. The number of hydrogen-bond donors (Lipinski definition) is 0. The molecule has 102 valence electrons. The zero-order valence-corrected chi connectivity index (χ0v) is 12.2. The summed E-state index contributed by atoms with van der Waals surface area (Å²) in [6.45, 7) is 2.10. The molecule has 1 aromatic carbocycles. The number of nitrogens with zero attached hydrogens (tertiary/aromatic N) is 2. The number of carbonyl (C=O) groups excluding carboxylic acids is 1. The van der Waals surface area contributed by atoms with Gasteiger partial charge >= 0.3 is 0 Å². The second kappa shape index (κ2) is 4.91. The molecule has 1 aliphatic heterocycles. The normalized spacial score (nSPS) is 13.8. The molecule has 3 rings (SSSR count). The number of likely N-dealkylation sites (N-methyl/N-ethyl adjacent to an activating group) is 1.